The summed E-state index contributed by atoms with van der Waals surface area (Å²) in [5.41, 5.74) is 0. The molecule has 7 nitrogen and oxygen atoms in total. The number of hydrogen-bond acceptors (Lipinski definition) is 7. The summed E-state index contributed by atoms with van der Waals surface area (Å²) in [5.74, 6) is 3.78. The Bertz CT molecular complexity index is 690. The third-order valence-electron chi connectivity index (χ3n) is 4.29. The van der Waals surface area contributed by atoms with Crippen LogP contribution in [0.25, 0.3) is 0 Å². The molecule has 0 spiro atoms. The van der Waals surface area contributed by atoms with E-state index >= 15 is 0 Å². The second kappa shape index (κ2) is 5.98. The Morgan fingerprint density at radius 2 is 2.00 bits per heavy atom. The van der Waals surface area contributed by atoms with Crippen molar-refractivity contribution in [2.45, 2.75) is 31.2 Å². The van der Waals surface area contributed by atoms with E-state index in [2.05, 4.69) is 25.2 Å². The van der Waals surface area contributed by atoms with E-state index in [1.165, 1.54) is 12.8 Å². The SMILES string of the molecule is COc1ccnc(NC2CCN(c3ccnc(C4CC4)n3)C2)n1. The van der Waals surface area contributed by atoms with Gasteiger partial charge in [-0.05, 0) is 25.3 Å². The molecule has 0 radical (unpaired) electrons. The van der Waals surface area contributed by atoms with Crippen LogP contribution in [-0.2, 0) is 0 Å². The zero-order chi connectivity index (χ0) is 15.6. The van der Waals surface area contributed by atoms with Gasteiger partial charge in [-0.3, -0.25) is 0 Å². The van der Waals surface area contributed by atoms with Gasteiger partial charge in [-0.15, -0.1) is 0 Å². The molecule has 2 aromatic heterocycles. The Labute approximate surface area is 135 Å². The van der Waals surface area contributed by atoms with Gasteiger partial charge < -0.3 is 15.0 Å². The zero-order valence-electron chi connectivity index (χ0n) is 13.1. The van der Waals surface area contributed by atoms with Gasteiger partial charge in [0.15, 0.2) is 0 Å². The molecule has 1 unspecified atom stereocenters. The highest BCUT2D eigenvalue weighted by atomic mass is 16.5. The molecule has 0 aromatic carbocycles. The van der Waals surface area contributed by atoms with E-state index in [0.717, 1.165) is 31.2 Å². The second-order valence-corrected chi connectivity index (χ2v) is 6.05. The van der Waals surface area contributed by atoms with Gasteiger partial charge in [0.1, 0.15) is 11.6 Å². The number of aromatic nitrogens is 4. The Hall–Kier alpha value is -2.44. The highest BCUT2D eigenvalue weighted by molar-refractivity contribution is 5.42. The van der Waals surface area contributed by atoms with Gasteiger partial charge in [0, 0.05) is 43.5 Å². The first-order valence-corrected chi connectivity index (χ1v) is 8.03. The predicted molar refractivity (Wildman–Crippen MR) is 86.8 cm³/mol. The summed E-state index contributed by atoms with van der Waals surface area (Å²) in [4.78, 5) is 20.0. The average molecular weight is 312 g/mol. The number of ether oxygens (including phenoxy) is 1. The number of nitrogens with zero attached hydrogens (tertiary/aromatic N) is 5. The highest BCUT2D eigenvalue weighted by Gasteiger charge is 2.28. The third kappa shape index (κ3) is 3.18. The van der Waals surface area contributed by atoms with Gasteiger partial charge in [0.2, 0.25) is 11.8 Å². The van der Waals surface area contributed by atoms with Crippen molar-refractivity contribution in [3.05, 3.63) is 30.4 Å². The van der Waals surface area contributed by atoms with Crippen LogP contribution in [0.1, 0.15) is 31.0 Å². The maximum atomic E-state index is 5.13. The fourth-order valence-electron chi connectivity index (χ4n) is 2.87. The largest absolute Gasteiger partial charge is 0.481 e. The number of methoxy groups -OCH3 is 1. The zero-order valence-corrected chi connectivity index (χ0v) is 13.1. The number of anilines is 2. The summed E-state index contributed by atoms with van der Waals surface area (Å²) in [7, 11) is 1.61. The van der Waals surface area contributed by atoms with Crippen molar-refractivity contribution in [2.24, 2.45) is 0 Å². The van der Waals surface area contributed by atoms with E-state index < -0.39 is 0 Å². The average Bonchev–Trinajstić information content (AvgIpc) is 3.35. The normalized spacial score (nSPS) is 20.6. The maximum absolute atomic E-state index is 5.13. The molecule has 23 heavy (non-hydrogen) atoms. The summed E-state index contributed by atoms with van der Waals surface area (Å²) < 4.78 is 5.13. The summed E-state index contributed by atoms with van der Waals surface area (Å²) in [6.07, 6.45) is 7.06. The quantitative estimate of drug-likeness (QED) is 0.902. The molecule has 0 bridgehead atoms. The van der Waals surface area contributed by atoms with Gasteiger partial charge >= 0.3 is 0 Å². The predicted octanol–water partition coefficient (Wildman–Crippen LogP) is 1.84. The maximum Gasteiger partial charge on any atom is 0.226 e. The van der Waals surface area contributed by atoms with Crippen molar-refractivity contribution >= 4 is 11.8 Å². The lowest BCUT2D eigenvalue weighted by Gasteiger charge is -2.18. The molecule has 1 atom stereocenters. The topological polar surface area (TPSA) is 76.1 Å². The summed E-state index contributed by atoms with van der Waals surface area (Å²) >= 11 is 0. The van der Waals surface area contributed by atoms with Crippen LogP contribution in [0.4, 0.5) is 11.8 Å². The molecule has 7 heteroatoms. The van der Waals surface area contributed by atoms with Crippen LogP contribution < -0.4 is 15.0 Å². The van der Waals surface area contributed by atoms with Crippen molar-refractivity contribution in [3.63, 3.8) is 0 Å². The Morgan fingerprint density at radius 1 is 1.13 bits per heavy atom. The number of hydrogen-bond donors (Lipinski definition) is 1. The standard InChI is InChI=1S/C16H20N6O/c1-23-14-5-8-18-16(21-14)19-12-6-9-22(10-12)13-4-7-17-15(20-13)11-2-3-11/h4-5,7-8,11-12H,2-3,6,9-10H2,1H3,(H,18,19,21). The highest BCUT2D eigenvalue weighted by Crippen LogP contribution is 2.38. The summed E-state index contributed by atoms with van der Waals surface area (Å²) in [6, 6.07) is 4.05. The van der Waals surface area contributed by atoms with Crippen molar-refractivity contribution in [2.75, 3.05) is 30.4 Å². The lowest BCUT2D eigenvalue weighted by Crippen LogP contribution is -2.27. The number of nitrogens with one attached hydrogen (secondary N) is 1. The first-order chi connectivity index (χ1) is 11.3. The van der Waals surface area contributed by atoms with Gasteiger partial charge in [-0.2, -0.15) is 4.98 Å². The minimum absolute atomic E-state index is 0.307. The first-order valence-electron chi connectivity index (χ1n) is 8.03. The van der Waals surface area contributed by atoms with Crippen LogP contribution in [0.5, 0.6) is 5.88 Å². The van der Waals surface area contributed by atoms with Crippen LogP contribution >= 0.6 is 0 Å². The number of rotatable bonds is 5. The van der Waals surface area contributed by atoms with Crippen LogP contribution in [0.15, 0.2) is 24.5 Å². The molecule has 1 N–H and O–H groups in total. The van der Waals surface area contributed by atoms with Gasteiger partial charge in [0.05, 0.1) is 7.11 Å². The molecule has 2 fully saturated rings. The van der Waals surface area contributed by atoms with Crippen LogP contribution in [-0.4, -0.2) is 46.2 Å². The molecule has 1 aliphatic heterocycles. The molecule has 1 saturated carbocycles. The molecule has 2 aliphatic rings. The lowest BCUT2D eigenvalue weighted by molar-refractivity contribution is 0.397. The lowest BCUT2D eigenvalue weighted by atomic mass is 10.3. The van der Waals surface area contributed by atoms with Gasteiger partial charge in [-0.1, -0.05) is 0 Å². The van der Waals surface area contributed by atoms with E-state index in [4.69, 9.17) is 9.72 Å². The van der Waals surface area contributed by atoms with Gasteiger partial charge in [0.25, 0.3) is 0 Å². The van der Waals surface area contributed by atoms with Crippen LogP contribution in [0.3, 0.4) is 0 Å². The van der Waals surface area contributed by atoms with E-state index in [0.29, 0.717) is 23.8 Å². The fraction of sp³-hybridized carbons (Fsp3) is 0.500. The van der Waals surface area contributed by atoms with Crippen molar-refractivity contribution in [3.8, 4) is 5.88 Å². The van der Waals surface area contributed by atoms with E-state index in [1.807, 2.05) is 12.3 Å². The van der Waals surface area contributed by atoms with Crippen molar-refractivity contribution in [1.82, 2.24) is 19.9 Å². The minimum Gasteiger partial charge on any atom is -0.481 e. The molecule has 4 rings (SSSR count). The molecular weight excluding hydrogens is 292 g/mol. The van der Waals surface area contributed by atoms with E-state index in [1.54, 1.807) is 19.4 Å². The van der Waals surface area contributed by atoms with Crippen LogP contribution in [0, 0.1) is 0 Å². The van der Waals surface area contributed by atoms with Crippen molar-refractivity contribution < 1.29 is 4.74 Å². The van der Waals surface area contributed by atoms with Crippen LogP contribution in [0.2, 0.25) is 0 Å². The van der Waals surface area contributed by atoms with Crippen molar-refractivity contribution in [1.29, 1.82) is 0 Å². The Balaban J connectivity index is 1.41. The Morgan fingerprint density at radius 3 is 2.83 bits per heavy atom. The van der Waals surface area contributed by atoms with Gasteiger partial charge in [-0.25, -0.2) is 15.0 Å². The Kier molecular flexibility index (Phi) is 3.69. The van der Waals surface area contributed by atoms with E-state index in [-0.39, 0.29) is 0 Å². The molecule has 1 aliphatic carbocycles. The molecule has 1 saturated heterocycles. The molecule has 120 valence electrons. The smallest absolute Gasteiger partial charge is 0.226 e. The molecule has 0 amide bonds. The monoisotopic (exact) mass is 312 g/mol. The third-order valence-corrected chi connectivity index (χ3v) is 4.29. The minimum atomic E-state index is 0.307. The fourth-order valence-corrected chi connectivity index (χ4v) is 2.87. The second-order valence-electron chi connectivity index (χ2n) is 6.05. The molecular formula is C16H20N6O. The molecule has 2 aromatic rings. The summed E-state index contributed by atoms with van der Waals surface area (Å²) in [6.45, 7) is 1.87. The molecule has 3 heterocycles. The van der Waals surface area contributed by atoms with E-state index in [9.17, 15) is 0 Å². The first kappa shape index (κ1) is 14.2. The summed E-state index contributed by atoms with van der Waals surface area (Å²) in [5, 5.41) is 3.38.